The minimum atomic E-state index is -0.664. The first-order valence-electron chi connectivity index (χ1n) is 10.6. The fourth-order valence-corrected chi connectivity index (χ4v) is 4.28. The van der Waals surface area contributed by atoms with Gasteiger partial charge in [0, 0.05) is 30.6 Å². The van der Waals surface area contributed by atoms with Crippen molar-refractivity contribution in [2.75, 3.05) is 11.9 Å². The van der Waals surface area contributed by atoms with Crippen molar-refractivity contribution in [2.24, 2.45) is 11.5 Å². The van der Waals surface area contributed by atoms with E-state index in [9.17, 15) is 14.4 Å². The van der Waals surface area contributed by atoms with Crippen molar-refractivity contribution in [3.05, 3.63) is 65.9 Å². The molecule has 1 aromatic heterocycles. The van der Waals surface area contributed by atoms with E-state index < -0.39 is 18.1 Å². The van der Waals surface area contributed by atoms with Gasteiger partial charge in [0.25, 0.3) is 0 Å². The average molecular weight is 444 g/mol. The molecular formula is C24H24N6O3. The molecule has 1 aliphatic heterocycles. The lowest BCUT2D eigenvalue weighted by atomic mass is 10.0. The summed E-state index contributed by atoms with van der Waals surface area (Å²) in [4.78, 5) is 39.3. The fourth-order valence-electron chi connectivity index (χ4n) is 4.28. The number of benzene rings is 2. The second-order valence-electron chi connectivity index (χ2n) is 8.14. The third-order valence-corrected chi connectivity index (χ3v) is 5.87. The minimum Gasteiger partial charge on any atom is -0.351 e. The highest BCUT2D eigenvalue weighted by Crippen LogP contribution is 2.27. The number of aryl methyl sites for hydroxylation is 1. The monoisotopic (exact) mass is 444 g/mol. The number of nitriles is 1. The number of amides is 3. The maximum atomic E-state index is 13.1. The van der Waals surface area contributed by atoms with E-state index in [-0.39, 0.29) is 24.8 Å². The number of primary amides is 1. The van der Waals surface area contributed by atoms with Crippen molar-refractivity contribution in [1.82, 2.24) is 9.47 Å². The lowest BCUT2D eigenvalue weighted by Crippen LogP contribution is -2.43. The number of hydrogen-bond donors (Lipinski definition) is 3. The standard InChI is InChI=1S/C24H24N6O3/c25-12-16-5-3-4-15(10-16)8-9-22(31)21-11-17(26)13-30(21)24(33)28-19-14-29(23(27)32)20-7-2-1-6-18(19)20/h1-7,10,14,17,21H,8-9,11,13,26H2,(H2,27,32)(H,28,33)/t17-,21-/m0/s1. The van der Waals surface area contributed by atoms with Gasteiger partial charge >= 0.3 is 12.1 Å². The molecule has 4 rings (SSSR count). The maximum absolute atomic E-state index is 13.1. The summed E-state index contributed by atoms with van der Waals surface area (Å²) in [5.74, 6) is -0.0833. The van der Waals surface area contributed by atoms with Crippen LogP contribution < -0.4 is 16.8 Å². The second kappa shape index (κ2) is 9.14. The molecule has 3 aromatic rings. The lowest BCUT2D eigenvalue weighted by molar-refractivity contribution is -0.122. The molecule has 2 aromatic carbocycles. The Morgan fingerprint density at radius 1 is 1.15 bits per heavy atom. The molecule has 0 aliphatic carbocycles. The van der Waals surface area contributed by atoms with Crippen LogP contribution in [0.1, 0.15) is 24.0 Å². The number of likely N-dealkylation sites (tertiary alicyclic amines) is 1. The number of rotatable bonds is 5. The van der Waals surface area contributed by atoms with Gasteiger partial charge in [-0.1, -0.05) is 30.3 Å². The number of carbonyl (C=O) groups excluding carboxylic acids is 3. The van der Waals surface area contributed by atoms with Gasteiger partial charge in [-0.05, 0) is 36.6 Å². The van der Waals surface area contributed by atoms with Crippen LogP contribution in [-0.2, 0) is 11.2 Å². The summed E-state index contributed by atoms with van der Waals surface area (Å²) in [7, 11) is 0. The molecular weight excluding hydrogens is 420 g/mol. The van der Waals surface area contributed by atoms with E-state index >= 15 is 0 Å². The van der Waals surface area contributed by atoms with Crippen LogP contribution in [0.25, 0.3) is 10.9 Å². The van der Waals surface area contributed by atoms with Crippen LogP contribution in [0.4, 0.5) is 15.3 Å². The third kappa shape index (κ3) is 4.56. The number of Topliss-reactive ketones (excluding diaryl/α,β-unsaturated/α-hetero) is 1. The predicted octanol–water partition coefficient (Wildman–Crippen LogP) is 2.58. The van der Waals surface area contributed by atoms with Crippen LogP contribution in [-0.4, -0.2) is 45.9 Å². The topological polar surface area (TPSA) is 147 Å². The number of carbonyl (C=O) groups is 3. The van der Waals surface area contributed by atoms with E-state index in [1.807, 2.05) is 6.07 Å². The van der Waals surface area contributed by atoms with Crippen molar-refractivity contribution in [3.8, 4) is 6.07 Å². The molecule has 1 fully saturated rings. The number of anilines is 1. The molecule has 2 heterocycles. The van der Waals surface area contributed by atoms with Gasteiger partial charge in [0.1, 0.15) is 0 Å². The molecule has 9 nitrogen and oxygen atoms in total. The quantitative estimate of drug-likeness (QED) is 0.553. The molecule has 0 unspecified atom stereocenters. The van der Waals surface area contributed by atoms with E-state index in [1.54, 1.807) is 42.5 Å². The minimum absolute atomic E-state index is 0.0833. The van der Waals surface area contributed by atoms with E-state index in [1.165, 1.54) is 15.7 Å². The number of nitrogens with zero attached hydrogens (tertiary/aromatic N) is 3. The molecule has 0 radical (unpaired) electrons. The smallest absolute Gasteiger partial charge is 0.323 e. The highest BCUT2D eigenvalue weighted by atomic mass is 16.2. The predicted molar refractivity (Wildman–Crippen MR) is 124 cm³/mol. The molecule has 2 atom stereocenters. The second-order valence-corrected chi connectivity index (χ2v) is 8.14. The Morgan fingerprint density at radius 3 is 2.70 bits per heavy atom. The highest BCUT2D eigenvalue weighted by Gasteiger charge is 2.38. The normalized spacial score (nSPS) is 17.6. The van der Waals surface area contributed by atoms with Gasteiger partial charge in [0.2, 0.25) is 0 Å². The lowest BCUT2D eigenvalue weighted by Gasteiger charge is -2.23. The molecule has 168 valence electrons. The van der Waals surface area contributed by atoms with Crippen LogP contribution >= 0.6 is 0 Å². The molecule has 9 heteroatoms. The van der Waals surface area contributed by atoms with Gasteiger partial charge in [0.15, 0.2) is 5.78 Å². The summed E-state index contributed by atoms with van der Waals surface area (Å²) in [5, 5.41) is 12.5. The van der Waals surface area contributed by atoms with E-state index in [0.29, 0.717) is 35.0 Å². The van der Waals surface area contributed by atoms with Crippen LogP contribution in [0.15, 0.2) is 54.7 Å². The number of hydrogen-bond acceptors (Lipinski definition) is 5. The number of ketones is 1. The molecule has 0 bridgehead atoms. The molecule has 33 heavy (non-hydrogen) atoms. The average Bonchev–Trinajstić information content (AvgIpc) is 3.39. The molecule has 1 aliphatic rings. The number of para-hydroxylation sites is 1. The Kier molecular flexibility index (Phi) is 6.11. The SMILES string of the molecule is N#Cc1cccc(CCC(=O)[C@@H]2C[C@H](N)CN2C(=O)Nc2cn(C(N)=O)c3ccccc23)c1. The molecule has 1 saturated heterocycles. The van der Waals surface area contributed by atoms with E-state index in [4.69, 9.17) is 16.7 Å². The van der Waals surface area contributed by atoms with Crippen molar-refractivity contribution >= 4 is 34.4 Å². The summed E-state index contributed by atoms with van der Waals surface area (Å²) >= 11 is 0. The summed E-state index contributed by atoms with van der Waals surface area (Å²) in [6.45, 7) is 0.251. The number of nitrogens with one attached hydrogen (secondary N) is 1. The first-order chi connectivity index (χ1) is 15.9. The summed E-state index contributed by atoms with van der Waals surface area (Å²) in [5.41, 5.74) is 14.0. The Bertz CT molecular complexity index is 1270. The van der Waals surface area contributed by atoms with Gasteiger partial charge in [-0.3, -0.25) is 9.36 Å². The Balaban J connectivity index is 1.49. The van der Waals surface area contributed by atoms with Crippen LogP contribution in [0.2, 0.25) is 0 Å². The van der Waals surface area contributed by atoms with Gasteiger partial charge in [-0.25, -0.2) is 9.59 Å². The number of aromatic nitrogens is 1. The zero-order chi connectivity index (χ0) is 23.5. The van der Waals surface area contributed by atoms with Crippen molar-refractivity contribution < 1.29 is 14.4 Å². The molecule has 5 N–H and O–H groups in total. The van der Waals surface area contributed by atoms with Gasteiger partial charge in [-0.2, -0.15) is 5.26 Å². The van der Waals surface area contributed by atoms with Crippen LogP contribution in [0, 0.1) is 11.3 Å². The Labute approximate surface area is 190 Å². The maximum Gasteiger partial charge on any atom is 0.323 e. The Hall–Kier alpha value is -4.16. The largest absolute Gasteiger partial charge is 0.351 e. The first-order valence-corrected chi connectivity index (χ1v) is 10.6. The summed E-state index contributed by atoms with van der Waals surface area (Å²) in [6.07, 6.45) is 2.56. The van der Waals surface area contributed by atoms with Crippen LogP contribution in [0.3, 0.4) is 0 Å². The van der Waals surface area contributed by atoms with Crippen molar-refractivity contribution in [1.29, 1.82) is 5.26 Å². The molecule has 0 spiro atoms. The van der Waals surface area contributed by atoms with Crippen molar-refractivity contribution in [2.45, 2.75) is 31.3 Å². The highest BCUT2D eigenvalue weighted by molar-refractivity contribution is 6.05. The number of urea groups is 1. The van der Waals surface area contributed by atoms with Gasteiger partial charge in [0.05, 0.1) is 28.9 Å². The van der Waals surface area contributed by atoms with E-state index in [2.05, 4.69) is 11.4 Å². The van der Waals surface area contributed by atoms with Gasteiger partial charge < -0.3 is 21.7 Å². The van der Waals surface area contributed by atoms with Gasteiger partial charge in [-0.15, -0.1) is 0 Å². The fraction of sp³-hybridized carbons (Fsp3) is 0.250. The zero-order valence-corrected chi connectivity index (χ0v) is 17.9. The van der Waals surface area contributed by atoms with E-state index in [0.717, 1.165) is 5.56 Å². The summed E-state index contributed by atoms with van der Waals surface area (Å²) in [6, 6.07) is 14.2. The molecule has 3 amide bonds. The third-order valence-electron chi connectivity index (χ3n) is 5.87. The number of nitrogens with two attached hydrogens (primary N) is 2. The van der Waals surface area contributed by atoms with Crippen LogP contribution in [0.5, 0.6) is 0 Å². The Morgan fingerprint density at radius 2 is 1.94 bits per heavy atom. The molecule has 0 saturated carbocycles. The number of fused-ring (bicyclic) bond motifs is 1. The zero-order valence-electron chi connectivity index (χ0n) is 17.9. The summed E-state index contributed by atoms with van der Waals surface area (Å²) < 4.78 is 1.26. The van der Waals surface area contributed by atoms with Crippen molar-refractivity contribution in [3.63, 3.8) is 0 Å². The first kappa shape index (κ1) is 22.0.